The zero-order valence-corrected chi connectivity index (χ0v) is 17.3. The SMILES string of the molecule is CC(C)CC(=O)N[C@@]1(C(F)(F)F)C(=O)N(CC(C)C)C2=C1C(=O)CC(C)(C)C2. The average Bonchev–Trinajstić information content (AvgIpc) is 2.67. The second-order valence-corrected chi connectivity index (χ2v) is 9.47. The Morgan fingerprint density at radius 2 is 1.68 bits per heavy atom. The quantitative estimate of drug-likeness (QED) is 0.764. The molecule has 0 fully saturated rings. The second-order valence-electron chi connectivity index (χ2n) is 9.47. The van der Waals surface area contributed by atoms with Crippen molar-refractivity contribution < 1.29 is 27.6 Å². The summed E-state index contributed by atoms with van der Waals surface area (Å²) in [7, 11) is 0. The Bertz CT molecular complexity index is 723. The van der Waals surface area contributed by atoms with Gasteiger partial charge in [-0.3, -0.25) is 14.4 Å². The number of ketones is 1. The largest absolute Gasteiger partial charge is 0.425 e. The predicted octanol–water partition coefficient (Wildman–Crippen LogP) is 3.59. The first-order valence-electron chi connectivity index (χ1n) is 9.59. The Balaban J connectivity index is 2.69. The lowest BCUT2D eigenvalue weighted by Gasteiger charge is -2.35. The molecule has 1 heterocycles. The van der Waals surface area contributed by atoms with Gasteiger partial charge in [0.05, 0.1) is 5.57 Å². The van der Waals surface area contributed by atoms with Crippen molar-refractivity contribution in [3.63, 3.8) is 0 Å². The molecule has 2 amide bonds. The molecule has 28 heavy (non-hydrogen) atoms. The van der Waals surface area contributed by atoms with Crippen LogP contribution in [0.3, 0.4) is 0 Å². The minimum atomic E-state index is -5.12. The molecule has 0 aromatic carbocycles. The molecule has 8 heteroatoms. The molecule has 0 radical (unpaired) electrons. The van der Waals surface area contributed by atoms with Gasteiger partial charge < -0.3 is 10.2 Å². The van der Waals surface area contributed by atoms with Crippen molar-refractivity contribution in [2.45, 2.75) is 72.5 Å². The first-order chi connectivity index (χ1) is 12.6. The Kier molecular flexibility index (Phi) is 5.76. The minimum absolute atomic E-state index is 0.0545. The van der Waals surface area contributed by atoms with Gasteiger partial charge in [0.2, 0.25) is 11.4 Å². The summed E-state index contributed by atoms with van der Waals surface area (Å²) in [5.41, 5.74) is -4.35. The van der Waals surface area contributed by atoms with E-state index >= 15 is 0 Å². The molecule has 0 bridgehead atoms. The Hall–Kier alpha value is -1.86. The summed E-state index contributed by atoms with van der Waals surface area (Å²) in [4.78, 5) is 39.4. The van der Waals surface area contributed by atoms with Crippen LogP contribution >= 0.6 is 0 Å². The molecule has 2 rings (SSSR count). The van der Waals surface area contributed by atoms with Crippen molar-refractivity contribution in [2.24, 2.45) is 17.3 Å². The van der Waals surface area contributed by atoms with Crippen LogP contribution in [0.2, 0.25) is 0 Å². The van der Waals surface area contributed by atoms with Crippen molar-refractivity contribution in [1.29, 1.82) is 0 Å². The number of alkyl halides is 3. The number of nitrogens with zero attached hydrogens (tertiary/aromatic N) is 1. The molecule has 1 aliphatic carbocycles. The molecule has 0 aromatic rings. The molecular weight excluding hydrogens is 373 g/mol. The van der Waals surface area contributed by atoms with Gasteiger partial charge in [-0.25, -0.2) is 0 Å². The van der Waals surface area contributed by atoms with E-state index in [1.807, 2.05) is 5.32 Å². The van der Waals surface area contributed by atoms with Gasteiger partial charge in [0, 0.05) is 25.1 Å². The Morgan fingerprint density at radius 1 is 1.11 bits per heavy atom. The number of nitrogens with one attached hydrogen (secondary N) is 1. The Morgan fingerprint density at radius 3 is 2.14 bits per heavy atom. The second kappa shape index (κ2) is 7.19. The third-order valence-electron chi connectivity index (χ3n) is 5.01. The van der Waals surface area contributed by atoms with Gasteiger partial charge in [-0.1, -0.05) is 41.5 Å². The van der Waals surface area contributed by atoms with Gasteiger partial charge in [-0.2, -0.15) is 13.2 Å². The first-order valence-corrected chi connectivity index (χ1v) is 9.59. The van der Waals surface area contributed by atoms with Gasteiger partial charge in [0.15, 0.2) is 5.78 Å². The predicted molar refractivity (Wildman–Crippen MR) is 98.0 cm³/mol. The van der Waals surface area contributed by atoms with E-state index < -0.39 is 40.3 Å². The van der Waals surface area contributed by atoms with E-state index in [2.05, 4.69) is 0 Å². The normalized spacial score (nSPS) is 25.0. The van der Waals surface area contributed by atoms with Gasteiger partial charge in [-0.05, 0) is 23.7 Å². The van der Waals surface area contributed by atoms with E-state index in [0.717, 1.165) is 4.90 Å². The smallest absolute Gasteiger partial charge is 0.330 e. The first kappa shape index (κ1) is 22.4. The maximum absolute atomic E-state index is 14.4. The summed E-state index contributed by atoms with van der Waals surface area (Å²) < 4.78 is 43.1. The van der Waals surface area contributed by atoms with Crippen molar-refractivity contribution in [3.05, 3.63) is 11.3 Å². The number of amides is 2. The molecule has 2 aliphatic rings. The summed E-state index contributed by atoms with van der Waals surface area (Å²) in [6.45, 7) is 10.6. The highest BCUT2D eigenvalue weighted by molar-refractivity contribution is 6.13. The van der Waals surface area contributed by atoms with Crippen LogP contribution in [0.15, 0.2) is 11.3 Å². The van der Waals surface area contributed by atoms with Gasteiger partial charge in [-0.15, -0.1) is 0 Å². The fraction of sp³-hybridized carbons (Fsp3) is 0.750. The molecule has 0 aromatic heterocycles. The summed E-state index contributed by atoms with van der Waals surface area (Å²) >= 11 is 0. The lowest BCUT2D eigenvalue weighted by molar-refractivity contribution is -0.194. The zero-order chi connectivity index (χ0) is 21.7. The summed E-state index contributed by atoms with van der Waals surface area (Å²) in [5, 5.41) is 1.94. The van der Waals surface area contributed by atoms with Crippen molar-refractivity contribution in [2.75, 3.05) is 6.54 Å². The highest BCUT2D eigenvalue weighted by Gasteiger charge is 2.71. The van der Waals surface area contributed by atoms with Gasteiger partial charge in [0.25, 0.3) is 5.91 Å². The van der Waals surface area contributed by atoms with E-state index in [1.165, 1.54) is 0 Å². The van der Waals surface area contributed by atoms with Crippen molar-refractivity contribution >= 4 is 17.6 Å². The van der Waals surface area contributed by atoms with Crippen LogP contribution in [-0.4, -0.2) is 40.8 Å². The fourth-order valence-corrected chi connectivity index (χ4v) is 4.02. The molecule has 1 atom stereocenters. The average molecular weight is 402 g/mol. The number of halogens is 3. The number of carbonyl (C=O) groups is 3. The third-order valence-corrected chi connectivity index (χ3v) is 5.01. The zero-order valence-electron chi connectivity index (χ0n) is 17.3. The summed E-state index contributed by atoms with van der Waals surface area (Å²) in [6.07, 6.45) is -5.23. The molecule has 0 spiro atoms. The number of rotatable bonds is 5. The lowest BCUT2D eigenvalue weighted by Crippen LogP contribution is -2.66. The maximum Gasteiger partial charge on any atom is 0.425 e. The van der Waals surface area contributed by atoms with E-state index in [-0.39, 0.29) is 43.3 Å². The topological polar surface area (TPSA) is 66.5 Å². The van der Waals surface area contributed by atoms with Crippen LogP contribution in [-0.2, 0) is 14.4 Å². The lowest BCUT2D eigenvalue weighted by atomic mass is 9.72. The molecule has 0 unspecified atom stereocenters. The number of hydrogen-bond acceptors (Lipinski definition) is 3. The molecule has 0 saturated carbocycles. The van der Waals surface area contributed by atoms with Crippen LogP contribution in [0.1, 0.15) is 60.8 Å². The van der Waals surface area contributed by atoms with Crippen LogP contribution in [0.25, 0.3) is 0 Å². The van der Waals surface area contributed by atoms with Gasteiger partial charge in [0.1, 0.15) is 0 Å². The number of allylic oxidation sites excluding steroid dienone is 1. The molecular formula is C20H29F3N2O3. The van der Waals surface area contributed by atoms with E-state index in [0.29, 0.717) is 0 Å². The van der Waals surface area contributed by atoms with Crippen molar-refractivity contribution in [3.8, 4) is 0 Å². The van der Waals surface area contributed by atoms with E-state index in [1.54, 1.807) is 41.5 Å². The summed E-state index contributed by atoms with van der Waals surface area (Å²) in [5.74, 6) is -3.19. The minimum Gasteiger partial charge on any atom is -0.330 e. The standard InChI is InChI=1S/C20H29F3N2O3/c1-11(2)7-15(27)24-19(20(21,22)23)16-13(8-18(5,6)9-14(16)26)25(17(19)28)10-12(3)4/h11-12H,7-10H2,1-6H3,(H,24,27)/t19-/m1/s1. The summed E-state index contributed by atoms with van der Waals surface area (Å²) in [6, 6.07) is 0. The maximum atomic E-state index is 14.4. The fourth-order valence-electron chi connectivity index (χ4n) is 4.02. The third kappa shape index (κ3) is 3.82. The highest BCUT2D eigenvalue weighted by Crippen LogP contribution is 2.51. The number of carbonyl (C=O) groups excluding carboxylic acids is 3. The molecule has 1 aliphatic heterocycles. The molecule has 158 valence electrons. The van der Waals surface area contributed by atoms with Gasteiger partial charge >= 0.3 is 6.18 Å². The number of hydrogen-bond donors (Lipinski definition) is 1. The molecule has 5 nitrogen and oxygen atoms in total. The van der Waals surface area contributed by atoms with Crippen molar-refractivity contribution in [1.82, 2.24) is 10.2 Å². The van der Waals surface area contributed by atoms with E-state index in [4.69, 9.17) is 0 Å². The van der Waals surface area contributed by atoms with Crippen LogP contribution in [0.5, 0.6) is 0 Å². The molecule has 1 N–H and O–H groups in total. The number of Topliss-reactive ketones (excluding diaryl/α,β-unsaturated/α-hetero) is 1. The Labute approximate surface area is 163 Å². The van der Waals surface area contributed by atoms with Crippen LogP contribution in [0, 0.1) is 17.3 Å². The van der Waals surface area contributed by atoms with E-state index in [9.17, 15) is 27.6 Å². The molecule has 0 saturated heterocycles. The monoisotopic (exact) mass is 402 g/mol. The van der Waals surface area contributed by atoms with Crippen LogP contribution in [0.4, 0.5) is 13.2 Å². The highest BCUT2D eigenvalue weighted by atomic mass is 19.4. The van der Waals surface area contributed by atoms with Crippen LogP contribution < -0.4 is 5.32 Å².